The summed E-state index contributed by atoms with van der Waals surface area (Å²) in [5.41, 5.74) is -0.501. The van der Waals surface area contributed by atoms with E-state index in [0.29, 0.717) is 19.6 Å². The largest absolute Gasteiger partial charge is 0.444 e. The van der Waals surface area contributed by atoms with Crippen molar-refractivity contribution in [2.75, 3.05) is 53.4 Å². The zero-order chi connectivity index (χ0) is 21.9. The lowest BCUT2D eigenvalue weighted by atomic mass is 10.2. The number of amides is 2. The lowest BCUT2D eigenvalue weighted by molar-refractivity contribution is -0.133. The monoisotopic (exact) mass is 412 g/mol. The van der Waals surface area contributed by atoms with Crippen molar-refractivity contribution in [3.05, 3.63) is 0 Å². The highest BCUT2D eigenvalue weighted by molar-refractivity contribution is 5.81. The van der Waals surface area contributed by atoms with Gasteiger partial charge in [-0.15, -0.1) is 0 Å². The van der Waals surface area contributed by atoms with Gasteiger partial charge in [0.05, 0.1) is 6.04 Å². The molecule has 0 radical (unpaired) electrons. The second-order valence-electron chi connectivity index (χ2n) is 8.40. The van der Waals surface area contributed by atoms with Gasteiger partial charge in [-0.3, -0.25) is 14.7 Å². The molecule has 0 aromatic carbocycles. The van der Waals surface area contributed by atoms with E-state index in [2.05, 4.69) is 25.8 Å². The van der Waals surface area contributed by atoms with Crippen LogP contribution in [-0.2, 0) is 9.53 Å². The molecule has 0 bridgehead atoms. The van der Waals surface area contributed by atoms with E-state index in [1.807, 2.05) is 41.8 Å². The fraction of sp³-hybridized carbons (Fsp3) is 0.850. The number of ether oxygens (including phenoxy) is 1. The molecule has 1 saturated heterocycles. The zero-order valence-corrected chi connectivity index (χ0v) is 19.0. The maximum absolute atomic E-state index is 12.3. The third-order valence-electron chi connectivity index (χ3n) is 4.39. The minimum Gasteiger partial charge on any atom is -0.444 e. The number of guanidine groups is 1. The number of hydrogen-bond donors (Lipinski definition) is 3. The van der Waals surface area contributed by atoms with Crippen molar-refractivity contribution in [3.8, 4) is 0 Å². The Labute approximate surface area is 175 Å². The Morgan fingerprint density at radius 1 is 1.17 bits per heavy atom. The van der Waals surface area contributed by atoms with Gasteiger partial charge in [0.2, 0.25) is 5.91 Å². The molecule has 1 unspecified atom stereocenters. The molecule has 168 valence electrons. The first-order valence-electron chi connectivity index (χ1n) is 10.6. The van der Waals surface area contributed by atoms with Crippen LogP contribution in [0.1, 0.15) is 47.0 Å². The summed E-state index contributed by atoms with van der Waals surface area (Å²) in [6.07, 6.45) is 2.48. The number of hydrogen-bond acceptors (Lipinski definition) is 5. The minimum absolute atomic E-state index is 0.0132. The highest BCUT2D eigenvalue weighted by Crippen LogP contribution is 2.18. The Hall–Kier alpha value is -2.03. The first-order chi connectivity index (χ1) is 13.6. The molecule has 1 heterocycles. The van der Waals surface area contributed by atoms with Crippen molar-refractivity contribution in [1.82, 2.24) is 25.8 Å². The van der Waals surface area contributed by atoms with Gasteiger partial charge in [0.1, 0.15) is 5.60 Å². The van der Waals surface area contributed by atoms with E-state index >= 15 is 0 Å². The molecular weight excluding hydrogens is 372 g/mol. The van der Waals surface area contributed by atoms with Gasteiger partial charge in [-0.05, 0) is 53.5 Å². The lowest BCUT2D eigenvalue weighted by Crippen LogP contribution is -2.43. The van der Waals surface area contributed by atoms with Crippen LogP contribution in [-0.4, -0.2) is 92.8 Å². The van der Waals surface area contributed by atoms with Gasteiger partial charge in [-0.25, -0.2) is 4.79 Å². The topological polar surface area (TPSA) is 98.3 Å². The maximum atomic E-state index is 12.3. The van der Waals surface area contributed by atoms with Gasteiger partial charge in [0, 0.05) is 46.8 Å². The summed E-state index contributed by atoms with van der Waals surface area (Å²) in [6.45, 7) is 11.8. The van der Waals surface area contributed by atoms with Gasteiger partial charge in [-0.1, -0.05) is 0 Å². The molecule has 3 N–H and O–H groups in total. The Balaban J connectivity index is 2.33. The van der Waals surface area contributed by atoms with Crippen LogP contribution < -0.4 is 16.0 Å². The van der Waals surface area contributed by atoms with Crippen molar-refractivity contribution >= 4 is 18.0 Å². The van der Waals surface area contributed by atoms with Crippen molar-refractivity contribution in [3.63, 3.8) is 0 Å². The molecule has 9 nitrogen and oxygen atoms in total. The van der Waals surface area contributed by atoms with Gasteiger partial charge in [0.15, 0.2) is 5.96 Å². The third-order valence-corrected chi connectivity index (χ3v) is 4.39. The molecule has 2 amide bonds. The number of nitrogens with one attached hydrogen (secondary N) is 3. The standard InChI is InChI=1S/C20H40N6O3/c1-7-21-18(23-12-13-24-19(28)29-20(2,3)4)22-11-9-15-26-14-8-10-16(26)17(27)25(5)6/h16H,7-15H2,1-6H3,(H,24,28)(H2,21,22,23). The molecule has 1 aliphatic rings. The van der Waals surface area contributed by atoms with Crippen molar-refractivity contribution in [2.24, 2.45) is 4.99 Å². The van der Waals surface area contributed by atoms with Gasteiger partial charge < -0.3 is 25.6 Å². The van der Waals surface area contributed by atoms with Gasteiger partial charge in [-0.2, -0.15) is 0 Å². The van der Waals surface area contributed by atoms with Crippen LogP contribution in [0.5, 0.6) is 0 Å². The number of rotatable bonds is 9. The number of aliphatic imine (C=N–C) groups is 1. The SMILES string of the molecule is CCNC(=NCCCN1CCCC1C(=O)N(C)C)NCCNC(=O)OC(C)(C)C. The summed E-state index contributed by atoms with van der Waals surface area (Å²) in [7, 11) is 3.63. The molecule has 1 aliphatic heterocycles. The summed E-state index contributed by atoms with van der Waals surface area (Å²) in [6, 6.07) is 0.0132. The molecule has 0 aliphatic carbocycles. The number of carbonyl (C=O) groups is 2. The van der Waals surface area contributed by atoms with E-state index in [0.717, 1.165) is 44.9 Å². The van der Waals surface area contributed by atoms with Crippen LogP contribution in [0.4, 0.5) is 4.79 Å². The van der Waals surface area contributed by atoms with E-state index in [9.17, 15) is 9.59 Å². The number of likely N-dealkylation sites (N-methyl/N-ethyl adjacent to an activating group) is 1. The lowest BCUT2D eigenvalue weighted by Gasteiger charge is -2.25. The highest BCUT2D eigenvalue weighted by Gasteiger charge is 2.30. The van der Waals surface area contributed by atoms with Crippen LogP contribution in [0.3, 0.4) is 0 Å². The van der Waals surface area contributed by atoms with E-state index in [4.69, 9.17) is 4.74 Å². The summed E-state index contributed by atoms with van der Waals surface area (Å²) < 4.78 is 5.21. The number of nitrogens with zero attached hydrogens (tertiary/aromatic N) is 3. The fourth-order valence-corrected chi connectivity index (χ4v) is 3.14. The molecule has 0 aromatic heterocycles. The first-order valence-corrected chi connectivity index (χ1v) is 10.6. The molecule has 1 atom stereocenters. The normalized spacial score (nSPS) is 17.7. The Kier molecular flexibility index (Phi) is 10.8. The van der Waals surface area contributed by atoms with Crippen LogP contribution in [0, 0.1) is 0 Å². The van der Waals surface area contributed by atoms with Crippen LogP contribution in [0.15, 0.2) is 4.99 Å². The smallest absolute Gasteiger partial charge is 0.407 e. The molecular formula is C20H40N6O3. The Morgan fingerprint density at radius 2 is 1.86 bits per heavy atom. The first kappa shape index (κ1) is 25.0. The summed E-state index contributed by atoms with van der Waals surface area (Å²) >= 11 is 0. The molecule has 0 saturated carbocycles. The average Bonchev–Trinajstić information content (AvgIpc) is 3.08. The second kappa shape index (κ2) is 12.5. The van der Waals surface area contributed by atoms with Crippen LogP contribution in [0.25, 0.3) is 0 Å². The Morgan fingerprint density at radius 3 is 2.48 bits per heavy atom. The second-order valence-corrected chi connectivity index (χ2v) is 8.40. The maximum Gasteiger partial charge on any atom is 0.407 e. The molecule has 29 heavy (non-hydrogen) atoms. The quantitative estimate of drug-likeness (QED) is 0.297. The third kappa shape index (κ3) is 10.3. The van der Waals surface area contributed by atoms with Gasteiger partial charge in [0.25, 0.3) is 0 Å². The average molecular weight is 413 g/mol. The molecule has 0 aromatic rings. The van der Waals surface area contributed by atoms with Crippen LogP contribution in [0.2, 0.25) is 0 Å². The number of carbonyl (C=O) groups excluding carboxylic acids is 2. The minimum atomic E-state index is -0.501. The molecule has 1 rings (SSSR count). The molecule has 0 spiro atoms. The molecule has 9 heteroatoms. The van der Waals surface area contributed by atoms with Crippen molar-refractivity contribution in [1.29, 1.82) is 0 Å². The zero-order valence-electron chi connectivity index (χ0n) is 19.0. The van der Waals surface area contributed by atoms with Crippen molar-refractivity contribution in [2.45, 2.75) is 58.6 Å². The predicted molar refractivity (Wildman–Crippen MR) is 116 cm³/mol. The summed E-state index contributed by atoms with van der Waals surface area (Å²) in [5.74, 6) is 0.916. The van der Waals surface area contributed by atoms with E-state index in [1.165, 1.54) is 0 Å². The Bertz CT molecular complexity index is 545. The number of alkyl carbamates (subject to hydrolysis) is 1. The van der Waals surface area contributed by atoms with E-state index in [-0.39, 0.29) is 11.9 Å². The molecule has 1 fully saturated rings. The summed E-state index contributed by atoms with van der Waals surface area (Å²) in [5, 5.41) is 9.12. The van der Waals surface area contributed by atoms with Crippen molar-refractivity contribution < 1.29 is 14.3 Å². The van der Waals surface area contributed by atoms with Gasteiger partial charge >= 0.3 is 6.09 Å². The summed E-state index contributed by atoms with van der Waals surface area (Å²) in [4.78, 5) is 32.4. The van der Waals surface area contributed by atoms with E-state index in [1.54, 1.807) is 4.90 Å². The van der Waals surface area contributed by atoms with E-state index < -0.39 is 11.7 Å². The predicted octanol–water partition coefficient (Wildman–Crippen LogP) is 1.01. The highest BCUT2D eigenvalue weighted by atomic mass is 16.6. The number of likely N-dealkylation sites (tertiary alicyclic amines) is 1. The van der Waals surface area contributed by atoms with Crippen LogP contribution >= 0.6 is 0 Å². The fourth-order valence-electron chi connectivity index (χ4n) is 3.14.